The Balaban J connectivity index is 1.71. The predicted octanol–water partition coefficient (Wildman–Crippen LogP) is 5.24. The van der Waals surface area contributed by atoms with Gasteiger partial charge in [0.15, 0.2) is 0 Å². The van der Waals surface area contributed by atoms with Crippen LogP contribution >= 0.6 is 46.4 Å². The van der Waals surface area contributed by atoms with Gasteiger partial charge in [0.2, 0.25) is 0 Å². The molecule has 0 aromatic heterocycles. The number of carbonyl (C=O) groups is 2. The number of halogens is 4. The molecule has 0 heterocycles. The number of hydrogen-bond acceptors (Lipinski definition) is 2. The molecule has 2 aromatic carbocycles. The van der Waals surface area contributed by atoms with Crippen molar-refractivity contribution >= 4 is 58.2 Å². The molecule has 0 aliphatic rings. The topological polar surface area (TPSA) is 58.2 Å². The summed E-state index contributed by atoms with van der Waals surface area (Å²) in [4.78, 5) is 24.1. The molecule has 138 valence electrons. The summed E-state index contributed by atoms with van der Waals surface area (Å²) in [7, 11) is 0. The Morgan fingerprint density at radius 1 is 0.692 bits per heavy atom. The minimum Gasteiger partial charge on any atom is -0.352 e. The minimum atomic E-state index is -0.285. The van der Waals surface area contributed by atoms with Crippen LogP contribution in [0.25, 0.3) is 0 Å². The van der Waals surface area contributed by atoms with Crippen molar-refractivity contribution in [1.82, 2.24) is 10.6 Å². The molecule has 2 rings (SSSR count). The third-order valence-electron chi connectivity index (χ3n) is 3.52. The lowest BCUT2D eigenvalue weighted by Gasteiger charge is -2.09. The standard InChI is InChI=1S/C18H16Cl4N2O2/c19-11-3-5-15(21)13(9-11)17(25)23-7-1-2-8-24-18(26)14-10-12(20)4-6-16(14)22/h3-6,9-10H,1-2,7-8H2,(H,23,25)(H,24,26). The Kier molecular flexibility index (Phi) is 8.04. The zero-order valence-electron chi connectivity index (χ0n) is 13.6. The number of carbonyl (C=O) groups excluding carboxylic acids is 2. The molecule has 0 saturated heterocycles. The van der Waals surface area contributed by atoms with Gasteiger partial charge in [0.25, 0.3) is 11.8 Å². The summed E-state index contributed by atoms with van der Waals surface area (Å²) in [6, 6.07) is 9.44. The molecule has 0 fully saturated rings. The van der Waals surface area contributed by atoms with Crippen molar-refractivity contribution < 1.29 is 9.59 Å². The Morgan fingerprint density at radius 2 is 1.08 bits per heavy atom. The summed E-state index contributed by atoms with van der Waals surface area (Å²) in [5.74, 6) is -0.570. The Bertz CT molecular complexity index is 744. The zero-order chi connectivity index (χ0) is 19.1. The van der Waals surface area contributed by atoms with Crippen molar-refractivity contribution in [2.75, 3.05) is 13.1 Å². The second kappa shape index (κ2) is 10.0. The van der Waals surface area contributed by atoms with Crippen LogP contribution in [0, 0.1) is 0 Å². The van der Waals surface area contributed by atoms with Gasteiger partial charge in [0.1, 0.15) is 0 Å². The maximum Gasteiger partial charge on any atom is 0.252 e. The van der Waals surface area contributed by atoms with Crippen molar-refractivity contribution in [2.45, 2.75) is 12.8 Å². The molecule has 0 radical (unpaired) electrons. The molecule has 0 spiro atoms. The van der Waals surface area contributed by atoms with E-state index in [9.17, 15) is 9.59 Å². The average molecular weight is 434 g/mol. The number of benzene rings is 2. The first-order valence-corrected chi connectivity index (χ1v) is 9.36. The van der Waals surface area contributed by atoms with Crippen LogP contribution in [-0.2, 0) is 0 Å². The Morgan fingerprint density at radius 3 is 1.46 bits per heavy atom. The van der Waals surface area contributed by atoms with Crippen LogP contribution in [0.2, 0.25) is 20.1 Å². The highest BCUT2D eigenvalue weighted by molar-refractivity contribution is 6.36. The van der Waals surface area contributed by atoms with E-state index in [0.29, 0.717) is 57.1 Å². The highest BCUT2D eigenvalue weighted by atomic mass is 35.5. The van der Waals surface area contributed by atoms with Crippen LogP contribution < -0.4 is 10.6 Å². The van der Waals surface area contributed by atoms with Crippen molar-refractivity contribution in [3.8, 4) is 0 Å². The normalized spacial score (nSPS) is 10.5. The molecule has 0 saturated carbocycles. The molecule has 2 N–H and O–H groups in total. The summed E-state index contributed by atoms with van der Waals surface area (Å²) in [6.07, 6.45) is 1.38. The van der Waals surface area contributed by atoms with Gasteiger partial charge in [-0.2, -0.15) is 0 Å². The van der Waals surface area contributed by atoms with E-state index in [1.807, 2.05) is 0 Å². The van der Waals surface area contributed by atoms with Crippen molar-refractivity contribution in [3.05, 3.63) is 67.6 Å². The van der Waals surface area contributed by atoms with Gasteiger partial charge >= 0.3 is 0 Å². The molecule has 26 heavy (non-hydrogen) atoms. The molecule has 0 atom stereocenters. The SMILES string of the molecule is O=C(NCCCCNC(=O)c1cc(Cl)ccc1Cl)c1cc(Cl)ccc1Cl. The first kappa shape index (κ1) is 20.8. The fourth-order valence-corrected chi connectivity index (χ4v) is 2.94. The number of unbranched alkanes of at least 4 members (excludes halogenated alkanes) is 1. The average Bonchev–Trinajstić information content (AvgIpc) is 2.61. The molecule has 8 heteroatoms. The number of rotatable bonds is 7. The number of nitrogens with one attached hydrogen (secondary N) is 2. The van der Waals surface area contributed by atoms with Crippen LogP contribution in [0.5, 0.6) is 0 Å². The highest BCUT2D eigenvalue weighted by Gasteiger charge is 2.11. The summed E-state index contributed by atoms with van der Waals surface area (Å²) in [5.41, 5.74) is 0.672. The second-order valence-corrected chi connectivity index (χ2v) is 7.15. The fourth-order valence-electron chi connectivity index (χ4n) is 2.19. The van der Waals surface area contributed by atoms with Crippen molar-refractivity contribution in [1.29, 1.82) is 0 Å². The van der Waals surface area contributed by atoms with Crippen LogP contribution in [0.4, 0.5) is 0 Å². The second-order valence-electron chi connectivity index (χ2n) is 5.47. The van der Waals surface area contributed by atoms with Gasteiger partial charge in [0, 0.05) is 23.1 Å². The summed E-state index contributed by atoms with van der Waals surface area (Å²) < 4.78 is 0. The molecule has 4 nitrogen and oxygen atoms in total. The molecule has 0 unspecified atom stereocenters. The Hall–Kier alpha value is -1.46. The van der Waals surface area contributed by atoms with Crippen LogP contribution in [0.15, 0.2) is 36.4 Å². The molecule has 0 aliphatic carbocycles. The van der Waals surface area contributed by atoms with Crippen LogP contribution in [0.1, 0.15) is 33.6 Å². The van der Waals surface area contributed by atoms with E-state index in [0.717, 1.165) is 0 Å². The van der Waals surface area contributed by atoms with E-state index in [2.05, 4.69) is 10.6 Å². The first-order valence-electron chi connectivity index (χ1n) is 7.85. The van der Waals surface area contributed by atoms with E-state index in [-0.39, 0.29) is 11.8 Å². The largest absolute Gasteiger partial charge is 0.352 e. The van der Waals surface area contributed by atoms with Gasteiger partial charge in [-0.15, -0.1) is 0 Å². The van der Waals surface area contributed by atoms with Gasteiger partial charge in [-0.05, 0) is 49.2 Å². The molecule has 2 aromatic rings. The quantitative estimate of drug-likeness (QED) is 0.586. The minimum absolute atomic E-state index is 0.285. The maximum absolute atomic E-state index is 12.1. The van der Waals surface area contributed by atoms with E-state index < -0.39 is 0 Å². The van der Waals surface area contributed by atoms with Crippen molar-refractivity contribution in [2.24, 2.45) is 0 Å². The number of amides is 2. The molecule has 2 amide bonds. The van der Waals surface area contributed by atoms with Gasteiger partial charge < -0.3 is 10.6 Å². The predicted molar refractivity (Wildman–Crippen MR) is 107 cm³/mol. The summed E-state index contributed by atoms with van der Waals surface area (Å²) in [6.45, 7) is 0.908. The van der Waals surface area contributed by atoms with E-state index in [1.54, 1.807) is 24.3 Å². The Labute approximate surface area is 171 Å². The number of hydrogen-bond donors (Lipinski definition) is 2. The monoisotopic (exact) mass is 432 g/mol. The molecular formula is C18H16Cl4N2O2. The third-order valence-corrected chi connectivity index (χ3v) is 4.65. The van der Waals surface area contributed by atoms with Gasteiger partial charge in [0.05, 0.1) is 21.2 Å². The third kappa shape index (κ3) is 6.06. The molecule has 0 bridgehead atoms. The van der Waals surface area contributed by atoms with E-state index in [4.69, 9.17) is 46.4 Å². The lowest BCUT2D eigenvalue weighted by atomic mass is 10.2. The fraction of sp³-hybridized carbons (Fsp3) is 0.222. The lowest BCUT2D eigenvalue weighted by molar-refractivity contribution is 0.0939. The smallest absolute Gasteiger partial charge is 0.252 e. The van der Waals surface area contributed by atoms with Gasteiger partial charge in [-0.25, -0.2) is 0 Å². The molecular weight excluding hydrogens is 418 g/mol. The van der Waals surface area contributed by atoms with E-state index in [1.165, 1.54) is 12.1 Å². The van der Waals surface area contributed by atoms with E-state index >= 15 is 0 Å². The summed E-state index contributed by atoms with van der Waals surface area (Å²) >= 11 is 23.7. The van der Waals surface area contributed by atoms with Crippen LogP contribution in [0.3, 0.4) is 0 Å². The highest BCUT2D eigenvalue weighted by Crippen LogP contribution is 2.21. The summed E-state index contributed by atoms with van der Waals surface area (Å²) in [5, 5.41) is 7.12. The first-order chi connectivity index (χ1) is 12.4. The van der Waals surface area contributed by atoms with Gasteiger partial charge in [-0.1, -0.05) is 46.4 Å². The van der Waals surface area contributed by atoms with Crippen molar-refractivity contribution in [3.63, 3.8) is 0 Å². The zero-order valence-corrected chi connectivity index (χ0v) is 16.6. The lowest BCUT2D eigenvalue weighted by Crippen LogP contribution is -2.27. The maximum atomic E-state index is 12.1. The molecule has 0 aliphatic heterocycles. The van der Waals surface area contributed by atoms with Crippen LogP contribution in [-0.4, -0.2) is 24.9 Å². The van der Waals surface area contributed by atoms with Gasteiger partial charge in [-0.3, -0.25) is 9.59 Å².